The number of rotatable bonds is 4. The van der Waals surface area contributed by atoms with Crippen LogP contribution < -0.4 is 0 Å². The molecule has 1 heteroatoms. The molecule has 3 rings (SSSR count). The van der Waals surface area contributed by atoms with Crippen molar-refractivity contribution >= 4 is 10.8 Å². The van der Waals surface area contributed by atoms with Gasteiger partial charge >= 0.3 is 0 Å². The number of hydrogen-bond acceptors (Lipinski definition) is 0. The van der Waals surface area contributed by atoms with Gasteiger partial charge in [-0.05, 0) is 31.1 Å². The normalized spacial score (nSPS) is 16.2. The van der Waals surface area contributed by atoms with Crippen molar-refractivity contribution in [1.82, 2.24) is 0 Å². The molecule has 0 aromatic heterocycles. The largest absolute Gasteiger partial charge is 0.168 e. The van der Waals surface area contributed by atoms with Gasteiger partial charge in [0.15, 0.2) is 0 Å². The van der Waals surface area contributed by atoms with Gasteiger partial charge in [-0.25, -0.2) is 0 Å². The summed E-state index contributed by atoms with van der Waals surface area (Å²) in [6.07, 6.45) is 6.39. The van der Waals surface area contributed by atoms with Gasteiger partial charge in [-0.15, -0.1) is 34.5 Å². The third-order valence-corrected chi connectivity index (χ3v) is 5.44. The van der Waals surface area contributed by atoms with Crippen LogP contribution in [-0.2, 0) is 45.1 Å². The molecule has 0 amide bonds. The smallest absolute Gasteiger partial charge is 0 e. The first-order valence-electron chi connectivity index (χ1n) is 8.27. The van der Waals surface area contributed by atoms with Crippen LogP contribution in [0.1, 0.15) is 57.2 Å². The van der Waals surface area contributed by atoms with E-state index in [1.165, 1.54) is 42.9 Å². The molecule has 2 aromatic rings. The van der Waals surface area contributed by atoms with Crippen molar-refractivity contribution in [3.05, 3.63) is 41.0 Å². The zero-order valence-electron chi connectivity index (χ0n) is 13.9. The van der Waals surface area contributed by atoms with Crippen molar-refractivity contribution in [3.63, 3.8) is 0 Å². The van der Waals surface area contributed by atoms with Crippen LogP contribution >= 0.6 is 0 Å². The molecule has 0 N–H and O–H groups in total. The second-order valence-electron chi connectivity index (χ2n) is 7.23. The van der Waals surface area contributed by atoms with E-state index >= 15 is 0 Å². The van der Waals surface area contributed by atoms with E-state index in [1.54, 1.807) is 16.7 Å². The first-order valence-corrected chi connectivity index (χ1v) is 8.27. The average molecular weight is 446 g/mol. The van der Waals surface area contributed by atoms with Gasteiger partial charge in [-0.1, -0.05) is 51.2 Å². The van der Waals surface area contributed by atoms with Gasteiger partial charge in [0.2, 0.25) is 0 Å². The Bertz CT molecular complexity index is 614. The molecule has 0 atom stereocenters. The number of fused-ring (bicyclic) bond motifs is 2. The Labute approximate surface area is 148 Å². The van der Waals surface area contributed by atoms with E-state index in [2.05, 4.69) is 52.0 Å². The van der Waals surface area contributed by atoms with Crippen LogP contribution in [0, 0.1) is 11.3 Å². The number of benzene rings is 1. The Balaban J connectivity index is 0.00000161. The molecule has 2 aromatic carbocycles. The fourth-order valence-corrected chi connectivity index (χ4v) is 3.97. The molecule has 21 heavy (non-hydrogen) atoms. The van der Waals surface area contributed by atoms with E-state index in [9.17, 15) is 0 Å². The molecule has 0 radical (unpaired) electrons. The Kier molecular flexibility index (Phi) is 5.23. The maximum Gasteiger partial charge on any atom is 0 e. The Morgan fingerprint density at radius 2 is 1.71 bits per heavy atom. The van der Waals surface area contributed by atoms with E-state index < -0.39 is 0 Å². The minimum atomic E-state index is 0. The summed E-state index contributed by atoms with van der Waals surface area (Å²) in [5, 5.41) is 2.97. The molecule has 0 saturated carbocycles. The zero-order chi connectivity index (χ0) is 14.3. The van der Waals surface area contributed by atoms with Gasteiger partial charge in [0.1, 0.15) is 0 Å². The maximum atomic E-state index is 2.51. The molecular weight excluding hydrogens is 419 g/mol. The van der Waals surface area contributed by atoms with E-state index in [1.807, 2.05) is 0 Å². The summed E-state index contributed by atoms with van der Waals surface area (Å²) in [7, 11) is 0. The molecule has 0 nitrogen and oxygen atoms in total. The van der Waals surface area contributed by atoms with Crippen LogP contribution in [0.15, 0.2) is 24.3 Å². The van der Waals surface area contributed by atoms with Crippen molar-refractivity contribution in [1.29, 1.82) is 0 Å². The summed E-state index contributed by atoms with van der Waals surface area (Å²) in [6.45, 7) is 9.34. The SMILES string of the molecule is CCC1(CC)Cc2cc3cc[c-](CC(C)C)c3cc2C1.[Hf]. The molecule has 0 unspecified atom stereocenters. The summed E-state index contributed by atoms with van der Waals surface area (Å²) in [5.41, 5.74) is 5.32. The van der Waals surface area contributed by atoms with Crippen LogP contribution in [0.4, 0.5) is 0 Å². The second-order valence-corrected chi connectivity index (χ2v) is 7.23. The maximum absolute atomic E-state index is 2.51. The Morgan fingerprint density at radius 3 is 2.29 bits per heavy atom. The summed E-state index contributed by atoms with van der Waals surface area (Å²) in [5.74, 6) is 0.735. The average Bonchev–Trinajstić information content (AvgIpc) is 2.97. The minimum absolute atomic E-state index is 0. The first kappa shape index (κ1) is 17.1. The van der Waals surface area contributed by atoms with Crippen LogP contribution in [0.3, 0.4) is 0 Å². The third-order valence-electron chi connectivity index (χ3n) is 5.44. The Hall–Kier alpha value is -0.300. The standard InChI is InChI=1S/C20H27.Hf/c1-5-20(6-2)12-17-10-16-8-7-15(9-14(3)4)19(16)11-18(17)13-20;/h7-8,10-11,14H,5-6,9,12-13H2,1-4H3;/q-1;. The zero-order valence-corrected chi connectivity index (χ0v) is 17.5. The van der Waals surface area contributed by atoms with Crippen LogP contribution in [0.5, 0.6) is 0 Å². The van der Waals surface area contributed by atoms with E-state index in [4.69, 9.17) is 0 Å². The summed E-state index contributed by atoms with van der Waals surface area (Å²) >= 11 is 0. The second kappa shape index (κ2) is 6.44. The van der Waals surface area contributed by atoms with Crippen molar-refractivity contribution in [2.24, 2.45) is 11.3 Å². The Morgan fingerprint density at radius 1 is 1.10 bits per heavy atom. The van der Waals surface area contributed by atoms with Gasteiger partial charge in [0.05, 0.1) is 0 Å². The quantitative estimate of drug-likeness (QED) is 0.421. The molecule has 112 valence electrons. The van der Waals surface area contributed by atoms with Crippen molar-refractivity contribution < 1.29 is 25.8 Å². The number of hydrogen-bond donors (Lipinski definition) is 0. The fraction of sp³-hybridized carbons (Fsp3) is 0.550. The first-order chi connectivity index (χ1) is 9.57. The van der Waals surface area contributed by atoms with Crippen molar-refractivity contribution in [2.45, 2.75) is 59.8 Å². The summed E-state index contributed by atoms with van der Waals surface area (Å²) in [6, 6.07) is 9.65. The molecule has 0 spiro atoms. The molecule has 0 heterocycles. The van der Waals surface area contributed by atoms with E-state index in [0.717, 1.165) is 5.92 Å². The van der Waals surface area contributed by atoms with Gasteiger partial charge in [-0.3, -0.25) is 0 Å². The summed E-state index contributed by atoms with van der Waals surface area (Å²) < 4.78 is 0. The molecule has 0 saturated heterocycles. The topological polar surface area (TPSA) is 0 Å². The summed E-state index contributed by atoms with van der Waals surface area (Å²) in [4.78, 5) is 0. The molecule has 0 fully saturated rings. The molecule has 0 bridgehead atoms. The molecule has 1 aliphatic carbocycles. The fourth-order valence-electron chi connectivity index (χ4n) is 3.97. The van der Waals surface area contributed by atoms with Gasteiger partial charge in [-0.2, -0.15) is 6.07 Å². The predicted octanol–water partition coefficient (Wildman–Crippen LogP) is 5.66. The predicted molar refractivity (Wildman–Crippen MR) is 88.5 cm³/mol. The minimum Gasteiger partial charge on any atom is -0.168 e. The van der Waals surface area contributed by atoms with Crippen LogP contribution in [0.2, 0.25) is 0 Å². The van der Waals surface area contributed by atoms with E-state index in [-0.39, 0.29) is 25.8 Å². The van der Waals surface area contributed by atoms with Crippen molar-refractivity contribution in [3.8, 4) is 0 Å². The van der Waals surface area contributed by atoms with Crippen molar-refractivity contribution in [2.75, 3.05) is 0 Å². The van der Waals surface area contributed by atoms with Gasteiger partial charge < -0.3 is 0 Å². The monoisotopic (exact) mass is 447 g/mol. The van der Waals surface area contributed by atoms with Gasteiger partial charge in [0, 0.05) is 25.8 Å². The van der Waals surface area contributed by atoms with Gasteiger partial charge in [0.25, 0.3) is 0 Å². The molecule has 1 aliphatic rings. The van der Waals surface area contributed by atoms with E-state index in [0.29, 0.717) is 5.41 Å². The van der Waals surface area contributed by atoms with Crippen LogP contribution in [0.25, 0.3) is 10.8 Å². The third kappa shape index (κ3) is 3.09. The van der Waals surface area contributed by atoms with Crippen LogP contribution in [-0.4, -0.2) is 0 Å². The molecular formula is C20H27Hf-. The molecule has 0 aliphatic heterocycles.